The smallest absolute Gasteiger partial charge is 0.315 e. The Morgan fingerprint density at radius 1 is 1.32 bits per heavy atom. The number of amides is 2. The lowest BCUT2D eigenvalue weighted by Gasteiger charge is -2.57. The number of hydrogen-bond donors (Lipinski definition) is 2. The van der Waals surface area contributed by atoms with Gasteiger partial charge in [-0.25, -0.2) is 9.78 Å². The van der Waals surface area contributed by atoms with E-state index in [-0.39, 0.29) is 17.5 Å². The summed E-state index contributed by atoms with van der Waals surface area (Å²) in [7, 11) is 1.59. The number of nitrogens with zero attached hydrogens (tertiary/aromatic N) is 1. The molecule has 138 valence electrons. The molecule has 1 aromatic rings. The van der Waals surface area contributed by atoms with E-state index in [0.717, 1.165) is 31.4 Å². The maximum absolute atomic E-state index is 12.3. The number of nitrogens with one attached hydrogen (secondary N) is 2. The summed E-state index contributed by atoms with van der Waals surface area (Å²) in [6.45, 7) is 3.25. The zero-order valence-electron chi connectivity index (χ0n) is 15.2. The highest BCUT2D eigenvalue weighted by Crippen LogP contribution is 2.53. The summed E-state index contributed by atoms with van der Waals surface area (Å²) in [6, 6.07) is 3.81. The summed E-state index contributed by atoms with van der Waals surface area (Å²) in [6.07, 6.45) is 9.03. The average molecular weight is 347 g/mol. The van der Waals surface area contributed by atoms with Crippen LogP contribution in [0.2, 0.25) is 0 Å². The van der Waals surface area contributed by atoms with Crippen molar-refractivity contribution < 1.29 is 14.3 Å². The number of hydrogen-bond acceptors (Lipinski definition) is 4. The Morgan fingerprint density at radius 2 is 2.12 bits per heavy atom. The normalized spacial score (nSPS) is 24.4. The molecule has 2 unspecified atom stereocenters. The van der Waals surface area contributed by atoms with Crippen molar-refractivity contribution in [2.45, 2.75) is 64.1 Å². The van der Waals surface area contributed by atoms with E-state index in [0.29, 0.717) is 18.5 Å². The number of carbonyl (C=O) groups excluding carboxylic acids is 1. The molecule has 2 amide bonds. The third kappa shape index (κ3) is 3.89. The van der Waals surface area contributed by atoms with Gasteiger partial charge in [0, 0.05) is 36.9 Å². The first-order valence-electron chi connectivity index (χ1n) is 9.33. The van der Waals surface area contributed by atoms with Crippen molar-refractivity contribution in [3.8, 4) is 5.88 Å². The molecule has 3 rings (SSSR count). The predicted octanol–water partition coefficient (Wildman–Crippen LogP) is 3.02. The minimum atomic E-state index is -0.110. The molecular weight excluding hydrogens is 318 g/mol. The molecule has 2 saturated carbocycles. The summed E-state index contributed by atoms with van der Waals surface area (Å²) in [5.41, 5.74) is 1.09. The van der Waals surface area contributed by atoms with Crippen LogP contribution >= 0.6 is 0 Å². The summed E-state index contributed by atoms with van der Waals surface area (Å²) in [5, 5.41) is 6.12. The van der Waals surface area contributed by atoms with E-state index in [1.54, 1.807) is 19.4 Å². The van der Waals surface area contributed by atoms with Gasteiger partial charge in [0.1, 0.15) is 0 Å². The second-order valence-corrected chi connectivity index (χ2v) is 7.06. The largest absolute Gasteiger partial charge is 0.481 e. The van der Waals surface area contributed by atoms with Crippen molar-refractivity contribution in [1.82, 2.24) is 15.6 Å². The van der Waals surface area contributed by atoms with E-state index in [1.165, 1.54) is 19.3 Å². The minimum absolute atomic E-state index is 0.110. The fourth-order valence-electron chi connectivity index (χ4n) is 4.29. The molecule has 1 heterocycles. The van der Waals surface area contributed by atoms with Crippen LogP contribution in [0.3, 0.4) is 0 Å². The van der Waals surface area contributed by atoms with E-state index in [1.807, 2.05) is 13.0 Å². The first-order valence-corrected chi connectivity index (χ1v) is 9.33. The third-order valence-corrected chi connectivity index (χ3v) is 5.70. The van der Waals surface area contributed by atoms with Crippen molar-refractivity contribution in [1.29, 1.82) is 0 Å². The van der Waals surface area contributed by atoms with Gasteiger partial charge in [-0.1, -0.05) is 25.3 Å². The second kappa shape index (κ2) is 8.04. The van der Waals surface area contributed by atoms with Crippen molar-refractivity contribution in [3.05, 3.63) is 23.9 Å². The monoisotopic (exact) mass is 347 g/mol. The van der Waals surface area contributed by atoms with Crippen molar-refractivity contribution in [3.63, 3.8) is 0 Å². The van der Waals surface area contributed by atoms with Gasteiger partial charge < -0.3 is 20.1 Å². The van der Waals surface area contributed by atoms with Crippen LogP contribution in [0.25, 0.3) is 0 Å². The summed E-state index contributed by atoms with van der Waals surface area (Å²) < 4.78 is 11.0. The van der Waals surface area contributed by atoms with Gasteiger partial charge in [-0.3, -0.25) is 0 Å². The number of ether oxygens (including phenoxy) is 2. The second-order valence-electron chi connectivity index (χ2n) is 7.06. The first kappa shape index (κ1) is 18.0. The summed E-state index contributed by atoms with van der Waals surface area (Å²) in [4.78, 5) is 16.5. The van der Waals surface area contributed by atoms with Gasteiger partial charge in [-0.2, -0.15) is 0 Å². The number of methoxy groups -OCH3 is 1. The van der Waals surface area contributed by atoms with E-state index < -0.39 is 0 Å². The Balaban J connectivity index is 1.51. The Bertz CT molecular complexity index is 570. The maximum atomic E-state index is 12.3. The molecular formula is C19H29N3O3. The number of rotatable bonds is 6. The van der Waals surface area contributed by atoms with Crippen LogP contribution in [-0.4, -0.2) is 36.9 Å². The molecule has 0 aromatic carbocycles. The highest BCUT2D eigenvalue weighted by molar-refractivity contribution is 5.74. The molecule has 1 spiro atoms. The lowest BCUT2D eigenvalue weighted by Crippen LogP contribution is -2.66. The quantitative estimate of drug-likeness (QED) is 0.830. The van der Waals surface area contributed by atoms with Crippen LogP contribution in [0.4, 0.5) is 4.79 Å². The molecule has 0 aliphatic heterocycles. The number of urea groups is 1. The highest BCUT2D eigenvalue weighted by Gasteiger charge is 2.56. The SMILES string of the molecule is CCOC1CC(NC(=O)NCc2ccc(OC)nc2)C12CCCCC2. The predicted molar refractivity (Wildman–Crippen MR) is 95.5 cm³/mol. The van der Waals surface area contributed by atoms with Gasteiger partial charge in [0.25, 0.3) is 0 Å². The van der Waals surface area contributed by atoms with Crippen LogP contribution in [0.15, 0.2) is 18.3 Å². The van der Waals surface area contributed by atoms with Crippen LogP contribution in [-0.2, 0) is 11.3 Å². The molecule has 2 atom stereocenters. The average Bonchev–Trinajstić information content (AvgIpc) is 2.66. The minimum Gasteiger partial charge on any atom is -0.481 e. The molecule has 2 aliphatic rings. The van der Waals surface area contributed by atoms with Crippen molar-refractivity contribution in [2.24, 2.45) is 5.41 Å². The zero-order valence-corrected chi connectivity index (χ0v) is 15.2. The molecule has 2 aliphatic carbocycles. The van der Waals surface area contributed by atoms with Crippen molar-refractivity contribution in [2.75, 3.05) is 13.7 Å². The molecule has 0 saturated heterocycles. The van der Waals surface area contributed by atoms with Gasteiger partial charge in [0.05, 0.1) is 13.2 Å². The van der Waals surface area contributed by atoms with E-state index in [9.17, 15) is 4.79 Å². The first-order chi connectivity index (χ1) is 12.2. The van der Waals surface area contributed by atoms with E-state index >= 15 is 0 Å². The van der Waals surface area contributed by atoms with E-state index in [2.05, 4.69) is 15.6 Å². The Morgan fingerprint density at radius 3 is 2.76 bits per heavy atom. The molecule has 25 heavy (non-hydrogen) atoms. The van der Waals surface area contributed by atoms with Crippen LogP contribution < -0.4 is 15.4 Å². The fraction of sp³-hybridized carbons (Fsp3) is 0.684. The lowest BCUT2D eigenvalue weighted by atomic mass is 9.55. The molecule has 2 fully saturated rings. The molecule has 2 N–H and O–H groups in total. The van der Waals surface area contributed by atoms with Gasteiger partial charge in [0.15, 0.2) is 0 Å². The number of carbonyl (C=O) groups is 1. The fourth-order valence-corrected chi connectivity index (χ4v) is 4.29. The summed E-state index contributed by atoms with van der Waals surface area (Å²) >= 11 is 0. The molecule has 1 aromatic heterocycles. The molecule has 6 heteroatoms. The highest BCUT2D eigenvalue weighted by atomic mass is 16.5. The molecule has 6 nitrogen and oxygen atoms in total. The number of pyridine rings is 1. The van der Waals surface area contributed by atoms with Gasteiger partial charge >= 0.3 is 6.03 Å². The van der Waals surface area contributed by atoms with Crippen LogP contribution in [0.1, 0.15) is 51.0 Å². The van der Waals surface area contributed by atoms with Crippen LogP contribution in [0.5, 0.6) is 5.88 Å². The van der Waals surface area contributed by atoms with Gasteiger partial charge in [-0.15, -0.1) is 0 Å². The third-order valence-electron chi connectivity index (χ3n) is 5.70. The van der Waals surface area contributed by atoms with Crippen LogP contribution in [0, 0.1) is 5.41 Å². The lowest BCUT2D eigenvalue weighted by molar-refractivity contribution is -0.146. The zero-order chi connectivity index (χ0) is 17.7. The maximum Gasteiger partial charge on any atom is 0.315 e. The topological polar surface area (TPSA) is 72.5 Å². The number of aromatic nitrogens is 1. The molecule has 0 bridgehead atoms. The standard InChI is InChI=1S/C19H29N3O3/c1-3-25-16-11-15(19(16)9-5-4-6-10-19)22-18(23)21-13-14-7-8-17(24-2)20-12-14/h7-8,12,15-16H,3-6,9-11,13H2,1-2H3,(H2,21,22,23). The summed E-state index contributed by atoms with van der Waals surface area (Å²) in [5.74, 6) is 0.573. The Hall–Kier alpha value is -1.82. The van der Waals surface area contributed by atoms with Gasteiger partial charge in [0.2, 0.25) is 5.88 Å². The Labute approximate surface area is 149 Å². The molecule has 0 radical (unpaired) electrons. The van der Waals surface area contributed by atoms with Crippen molar-refractivity contribution >= 4 is 6.03 Å². The van der Waals surface area contributed by atoms with E-state index in [4.69, 9.17) is 9.47 Å². The van der Waals surface area contributed by atoms with Gasteiger partial charge in [-0.05, 0) is 31.7 Å². The Kier molecular flexibility index (Phi) is 5.78.